The first-order valence-corrected chi connectivity index (χ1v) is 11.9. The number of amides is 2. The monoisotopic (exact) mass is 491 g/mol. The Morgan fingerprint density at radius 2 is 1.67 bits per heavy atom. The van der Waals surface area contributed by atoms with Gasteiger partial charge in [0.1, 0.15) is 0 Å². The number of pyridine rings is 1. The Hall–Kier alpha value is -4.69. The molecule has 0 fully saturated rings. The first kappa shape index (κ1) is 23.1. The topological polar surface area (TPSA) is 114 Å². The highest BCUT2D eigenvalue weighted by Gasteiger charge is 2.16. The molecule has 5 aromatic rings. The van der Waals surface area contributed by atoms with E-state index >= 15 is 0 Å². The molecule has 0 aliphatic heterocycles. The molecule has 2 aromatic heterocycles. The number of para-hydroxylation sites is 1. The Labute approximate surface area is 211 Å². The molecule has 4 N–H and O–H groups in total. The van der Waals surface area contributed by atoms with Gasteiger partial charge in [-0.1, -0.05) is 42.1 Å². The van der Waals surface area contributed by atoms with Crippen LogP contribution in [-0.4, -0.2) is 27.0 Å². The molecule has 2 amide bonds. The van der Waals surface area contributed by atoms with E-state index in [1.165, 1.54) is 11.8 Å². The molecule has 0 atom stereocenters. The Bertz CT molecular complexity index is 1590. The third-order valence-corrected chi connectivity index (χ3v) is 6.53. The lowest BCUT2D eigenvalue weighted by Gasteiger charge is -2.12. The van der Waals surface area contributed by atoms with E-state index in [9.17, 15) is 9.59 Å². The van der Waals surface area contributed by atoms with E-state index in [0.717, 1.165) is 32.1 Å². The second-order valence-electron chi connectivity index (χ2n) is 7.87. The highest BCUT2D eigenvalue weighted by atomic mass is 32.2. The number of H-pyrrole nitrogens is 1. The van der Waals surface area contributed by atoms with Crippen LogP contribution in [0.3, 0.4) is 0 Å². The number of hydrogen-bond acceptors (Lipinski definition) is 5. The summed E-state index contributed by atoms with van der Waals surface area (Å²) in [6.45, 7) is 0. The lowest BCUT2D eigenvalue weighted by molar-refractivity contribution is 0.100. The average molecular weight is 492 g/mol. The number of primary amides is 1. The number of rotatable bonds is 7. The highest BCUT2D eigenvalue weighted by Crippen LogP contribution is 2.33. The van der Waals surface area contributed by atoms with Crippen molar-refractivity contribution in [2.45, 2.75) is 9.79 Å². The van der Waals surface area contributed by atoms with Crippen molar-refractivity contribution >= 4 is 52.3 Å². The fourth-order valence-corrected chi connectivity index (χ4v) is 4.70. The number of fused-ring (bicyclic) bond motifs is 1. The van der Waals surface area contributed by atoms with Crippen LogP contribution in [0.25, 0.3) is 23.1 Å². The van der Waals surface area contributed by atoms with Gasteiger partial charge >= 0.3 is 0 Å². The molecule has 0 aliphatic rings. The van der Waals surface area contributed by atoms with E-state index in [1.807, 2.05) is 60.7 Å². The number of carbonyl (C=O) groups excluding carboxylic acids is 2. The van der Waals surface area contributed by atoms with E-state index in [0.29, 0.717) is 11.3 Å². The summed E-state index contributed by atoms with van der Waals surface area (Å²) in [5, 5.41) is 11.3. The second-order valence-corrected chi connectivity index (χ2v) is 8.98. The third-order valence-electron chi connectivity index (χ3n) is 5.46. The summed E-state index contributed by atoms with van der Waals surface area (Å²) in [6.07, 6.45) is 5.60. The predicted octanol–water partition coefficient (Wildman–Crippen LogP) is 5.63. The molecule has 7 nitrogen and oxygen atoms in total. The third kappa shape index (κ3) is 5.03. The fourth-order valence-electron chi connectivity index (χ4n) is 3.72. The minimum absolute atomic E-state index is 0.258. The van der Waals surface area contributed by atoms with Gasteiger partial charge in [-0.05, 0) is 66.7 Å². The lowest BCUT2D eigenvalue weighted by atomic mass is 10.1. The molecule has 5 rings (SSSR count). The number of nitrogens with zero attached hydrogens (tertiary/aromatic N) is 2. The SMILES string of the molecule is NC(=O)c1ccccc1NC(=O)c1ccccc1Sc1ccc2c(/C=C/c3ccccn3)n[nH]c2c1. The maximum Gasteiger partial charge on any atom is 0.256 e. The average Bonchev–Trinajstić information content (AvgIpc) is 3.30. The van der Waals surface area contributed by atoms with Gasteiger partial charge < -0.3 is 11.1 Å². The van der Waals surface area contributed by atoms with Gasteiger partial charge in [-0.25, -0.2) is 0 Å². The zero-order valence-corrected chi connectivity index (χ0v) is 19.8. The quantitative estimate of drug-likeness (QED) is 0.273. The Morgan fingerprint density at radius 1 is 0.889 bits per heavy atom. The number of nitrogens with one attached hydrogen (secondary N) is 2. The highest BCUT2D eigenvalue weighted by molar-refractivity contribution is 7.99. The second kappa shape index (κ2) is 10.3. The van der Waals surface area contributed by atoms with Crippen LogP contribution in [-0.2, 0) is 0 Å². The summed E-state index contributed by atoms with van der Waals surface area (Å²) in [4.78, 5) is 30.8. The summed E-state index contributed by atoms with van der Waals surface area (Å²) in [5.41, 5.74) is 9.13. The molecule has 3 aromatic carbocycles. The van der Waals surface area contributed by atoms with Gasteiger partial charge in [0.25, 0.3) is 11.8 Å². The van der Waals surface area contributed by atoms with Crippen molar-refractivity contribution in [3.05, 3.63) is 114 Å². The van der Waals surface area contributed by atoms with Crippen LogP contribution in [0.2, 0.25) is 0 Å². The summed E-state index contributed by atoms with van der Waals surface area (Å²) in [6, 6.07) is 25.7. The maximum atomic E-state index is 13.1. The number of benzene rings is 3. The number of hydrogen-bond donors (Lipinski definition) is 3. The number of carbonyl (C=O) groups is 2. The largest absolute Gasteiger partial charge is 0.366 e. The van der Waals surface area contributed by atoms with Gasteiger partial charge in [0, 0.05) is 21.4 Å². The summed E-state index contributed by atoms with van der Waals surface area (Å²) >= 11 is 1.47. The van der Waals surface area contributed by atoms with Crippen molar-refractivity contribution < 1.29 is 9.59 Å². The van der Waals surface area contributed by atoms with Gasteiger partial charge in [-0.15, -0.1) is 0 Å². The first-order chi connectivity index (χ1) is 17.6. The van der Waals surface area contributed by atoms with Gasteiger partial charge in [0.2, 0.25) is 0 Å². The summed E-state index contributed by atoms with van der Waals surface area (Å²) in [7, 11) is 0. The molecule has 0 saturated heterocycles. The molecule has 176 valence electrons. The van der Waals surface area contributed by atoms with E-state index in [-0.39, 0.29) is 11.5 Å². The van der Waals surface area contributed by atoms with Gasteiger partial charge in [0.15, 0.2) is 0 Å². The van der Waals surface area contributed by atoms with Crippen LogP contribution in [0.4, 0.5) is 5.69 Å². The fraction of sp³-hybridized carbons (Fsp3) is 0. The van der Waals surface area contributed by atoms with Crippen LogP contribution in [0, 0.1) is 0 Å². The molecule has 8 heteroatoms. The molecule has 0 unspecified atom stereocenters. The zero-order valence-electron chi connectivity index (χ0n) is 19.0. The summed E-state index contributed by atoms with van der Waals surface area (Å²) in [5.74, 6) is -0.924. The van der Waals surface area contributed by atoms with Crippen LogP contribution >= 0.6 is 11.8 Å². The molecule has 36 heavy (non-hydrogen) atoms. The smallest absolute Gasteiger partial charge is 0.256 e. The molecule has 0 aliphatic carbocycles. The van der Waals surface area contributed by atoms with Crippen molar-refractivity contribution in [1.82, 2.24) is 15.2 Å². The van der Waals surface area contributed by atoms with Crippen molar-refractivity contribution in [3.8, 4) is 0 Å². The van der Waals surface area contributed by atoms with Crippen molar-refractivity contribution in [3.63, 3.8) is 0 Å². The van der Waals surface area contributed by atoms with Crippen LogP contribution < -0.4 is 11.1 Å². The Morgan fingerprint density at radius 3 is 2.47 bits per heavy atom. The van der Waals surface area contributed by atoms with Crippen LogP contribution in [0.1, 0.15) is 32.1 Å². The van der Waals surface area contributed by atoms with Gasteiger partial charge in [-0.3, -0.25) is 19.7 Å². The molecule has 0 saturated carbocycles. The lowest BCUT2D eigenvalue weighted by Crippen LogP contribution is -2.18. The van der Waals surface area contributed by atoms with Crippen molar-refractivity contribution in [2.24, 2.45) is 5.73 Å². The number of anilines is 1. The normalized spacial score (nSPS) is 11.1. The maximum absolute atomic E-state index is 13.1. The van der Waals surface area contributed by atoms with E-state index in [2.05, 4.69) is 20.5 Å². The minimum atomic E-state index is -0.601. The first-order valence-electron chi connectivity index (χ1n) is 11.1. The number of aromatic amines is 1. The van der Waals surface area contributed by atoms with E-state index in [4.69, 9.17) is 5.73 Å². The van der Waals surface area contributed by atoms with Gasteiger partial charge in [-0.2, -0.15) is 5.10 Å². The Balaban J connectivity index is 1.37. The standard InChI is InChI=1S/C28H21N5O2S/c29-27(34)21-8-1-3-10-23(21)31-28(35)22-9-2-4-11-26(22)36-19-13-14-20-24(32-33-25(20)17-19)15-12-18-7-5-6-16-30-18/h1-17H,(H2,29,34)(H,31,35)(H,32,33)/b15-12+. The Kier molecular flexibility index (Phi) is 6.59. The molecular weight excluding hydrogens is 470 g/mol. The summed E-state index contributed by atoms with van der Waals surface area (Å²) < 4.78 is 0. The minimum Gasteiger partial charge on any atom is -0.366 e. The van der Waals surface area contributed by atoms with Crippen LogP contribution in [0.5, 0.6) is 0 Å². The zero-order chi connectivity index (χ0) is 24.9. The molecule has 0 radical (unpaired) electrons. The van der Waals surface area contributed by atoms with Gasteiger partial charge in [0.05, 0.1) is 33.7 Å². The number of aromatic nitrogens is 3. The van der Waals surface area contributed by atoms with Crippen molar-refractivity contribution in [2.75, 3.05) is 5.32 Å². The molecular formula is C28H21N5O2S. The van der Waals surface area contributed by atoms with Crippen LogP contribution in [0.15, 0.2) is 101 Å². The molecule has 0 bridgehead atoms. The predicted molar refractivity (Wildman–Crippen MR) is 143 cm³/mol. The number of nitrogens with two attached hydrogens (primary N) is 1. The molecule has 2 heterocycles. The van der Waals surface area contributed by atoms with Crippen molar-refractivity contribution in [1.29, 1.82) is 0 Å². The molecule has 0 spiro atoms. The van der Waals surface area contributed by atoms with E-state index in [1.54, 1.807) is 42.6 Å². The van der Waals surface area contributed by atoms with E-state index < -0.39 is 5.91 Å².